The minimum absolute atomic E-state index is 0. The predicted molar refractivity (Wildman–Crippen MR) is 68.5 cm³/mol. The lowest BCUT2D eigenvalue weighted by Gasteiger charge is -2.10. The maximum atomic E-state index is 10.8. The number of aromatic nitrogens is 2. The third kappa shape index (κ3) is 2.58. The predicted octanol–water partition coefficient (Wildman–Crippen LogP) is 2.49. The summed E-state index contributed by atoms with van der Waals surface area (Å²) in [7, 11) is 0. The molecule has 0 saturated heterocycles. The van der Waals surface area contributed by atoms with Gasteiger partial charge in [0.25, 0.3) is 0 Å². The number of carboxylic acid groups (broad SMARTS) is 1. The summed E-state index contributed by atoms with van der Waals surface area (Å²) < 4.78 is 1.95. The number of halogens is 1. The molecule has 92 valence electrons. The fourth-order valence-corrected chi connectivity index (χ4v) is 1.78. The van der Waals surface area contributed by atoms with Crippen LogP contribution in [0.3, 0.4) is 0 Å². The van der Waals surface area contributed by atoms with Gasteiger partial charge in [0.2, 0.25) is 0 Å². The van der Waals surface area contributed by atoms with E-state index < -0.39 is 11.9 Å². The number of imidazole rings is 1. The van der Waals surface area contributed by atoms with Crippen LogP contribution in [0.25, 0.3) is 11.0 Å². The van der Waals surface area contributed by atoms with E-state index >= 15 is 0 Å². The number of benzene rings is 1. The average Bonchev–Trinajstić information content (AvgIpc) is 2.55. The highest BCUT2D eigenvalue weighted by Gasteiger charge is 2.15. The first-order valence-corrected chi connectivity index (χ1v) is 5.24. The fraction of sp³-hybridized carbons (Fsp3) is 0.333. The number of aliphatic carboxylic acids is 1. The molecule has 0 amide bonds. The summed E-state index contributed by atoms with van der Waals surface area (Å²) in [4.78, 5) is 15.2. The Morgan fingerprint density at radius 1 is 1.47 bits per heavy atom. The Kier molecular flexibility index (Phi) is 4.12. The van der Waals surface area contributed by atoms with E-state index in [1.165, 1.54) is 0 Å². The summed E-state index contributed by atoms with van der Waals surface area (Å²) in [6.45, 7) is 4.06. The molecule has 0 aliphatic carbocycles. The number of hydrogen-bond acceptors (Lipinski definition) is 2. The van der Waals surface area contributed by atoms with Gasteiger partial charge in [-0.1, -0.05) is 19.1 Å². The van der Waals surface area contributed by atoms with Crippen LogP contribution in [0.15, 0.2) is 24.3 Å². The van der Waals surface area contributed by atoms with E-state index in [1.807, 2.05) is 35.8 Å². The maximum absolute atomic E-state index is 10.8. The molecule has 0 bridgehead atoms. The van der Waals surface area contributed by atoms with Crippen molar-refractivity contribution in [3.05, 3.63) is 30.1 Å². The van der Waals surface area contributed by atoms with Crippen molar-refractivity contribution < 1.29 is 9.90 Å². The van der Waals surface area contributed by atoms with Crippen LogP contribution < -0.4 is 0 Å². The molecule has 1 aromatic carbocycles. The molecule has 17 heavy (non-hydrogen) atoms. The Labute approximate surface area is 106 Å². The van der Waals surface area contributed by atoms with Crippen molar-refractivity contribution in [2.45, 2.75) is 20.4 Å². The Morgan fingerprint density at radius 3 is 2.76 bits per heavy atom. The van der Waals surface area contributed by atoms with Crippen LogP contribution in [0.1, 0.15) is 12.7 Å². The van der Waals surface area contributed by atoms with Crippen molar-refractivity contribution in [3.8, 4) is 0 Å². The van der Waals surface area contributed by atoms with E-state index in [0.717, 1.165) is 16.9 Å². The van der Waals surface area contributed by atoms with E-state index in [2.05, 4.69) is 4.98 Å². The molecule has 5 heteroatoms. The number of carboxylic acids is 1. The highest BCUT2D eigenvalue weighted by atomic mass is 35.5. The third-order valence-corrected chi connectivity index (χ3v) is 2.72. The standard InChI is InChI=1S/C12H14N2O2.ClH/c1-8(12(15)16)7-14-9(2)13-10-5-3-4-6-11(10)14;/h3-6,8H,7H2,1-2H3,(H,15,16);1H. The zero-order chi connectivity index (χ0) is 11.7. The maximum Gasteiger partial charge on any atom is 0.308 e. The lowest BCUT2D eigenvalue weighted by Crippen LogP contribution is -2.17. The van der Waals surface area contributed by atoms with Gasteiger partial charge in [0, 0.05) is 6.54 Å². The van der Waals surface area contributed by atoms with Crippen molar-refractivity contribution in [2.24, 2.45) is 5.92 Å². The second-order valence-electron chi connectivity index (χ2n) is 4.00. The van der Waals surface area contributed by atoms with Gasteiger partial charge in [0.05, 0.1) is 17.0 Å². The molecule has 2 aromatic rings. The van der Waals surface area contributed by atoms with Crippen LogP contribution in [0.4, 0.5) is 0 Å². The van der Waals surface area contributed by atoms with Gasteiger partial charge in [-0.2, -0.15) is 0 Å². The monoisotopic (exact) mass is 254 g/mol. The molecule has 0 radical (unpaired) electrons. The van der Waals surface area contributed by atoms with Crippen LogP contribution in [0.2, 0.25) is 0 Å². The first-order chi connectivity index (χ1) is 7.59. The zero-order valence-electron chi connectivity index (χ0n) is 9.75. The zero-order valence-corrected chi connectivity index (χ0v) is 10.6. The number of carbonyl (C=O) groups is 1. The van der Waals surface area contributed by atoms with Gasteiger partial charge in [0.15, 0.2) is 0 Å². The summed E-state index contributed by atoms with van der Waals surface area (Å²) in [5.41, 5.74) is 1.91. The smallest absolute Gasteiger partial charge is 0.308 e. The van der Waals surface area contributed by atoms with Crippen molar-refractivity contribution in [1.82, 2.24) is 9.55 Å². The summed E-state index contributed by atoms with van der Waals surface area (Å²) in [5.74, 6) is -0.331. The lowest BCUT2D eigenvalue weighted by atomic mass is 10.2. The number of para-hydroxylation sites is 2. The molecule has 1 aromatic heterocycles. The summed E-state index contributed by atoms with van der Waals surface area (Å²) in [6.07, 6.45) is 0. The first-order valence-electron chi connectivity index (χ1n) is 5.24. The molecule has 0 aliphatic rings. The van der Waals surface area contributed by atoms with E-state index in [4.69, 9.17) is 5.11 Å². The molecule has 1 unspecified atom stereocenters. The van der Waals surface area contributed by atoms with Crippen LogP contribution in [0, 0.1) is 12.8 Å². The van der Waals surface area contributed by atoms with E-state index in [-0.39, 0.29) is 12.4 Å². The van der Waals surface area contributed by atoms with Gasteiger partial charge in [-0.3, -0.25) is 4.79 Å². The van der Waals surface area contributed by atoms with E-state index in [1.54, 1.807) is 6.92 Å². The van der Waals surface area contributed by atoms with Gasteiger partial charge >= 0.3 is 5.97 Å². The van der Waals surface area contributed by atoms with Crippen molar-refractivity contribution >= 4 is 29.4 Å². The van der Waals surface area contributed by atoms with Gasteiger partial charge in [0.1, 0.15) is 5.82 Å². The van der Waals surface area contributed by atoms with Crippen molar-refractivity contribution in [2.75, 3.05) is 0 Å². The first kappa shape index (κ1) is 13.5. The summed E-state index contributed by atoms with van der Waals surface area (Å²) in [5, 5.41) is 8.91. The molecule has 1 N–H and O–H groups in total. The second kappa shape index (κ2) is 5.19. The average molecular weight is 255 g/mol. The Bertz CT molecular complexity index is 536. The topological polar surface area (TPSA) is 55.1 Å². The van der Waals surface area contributed by atoms with Crippen LogP contribution in [0.5, 0.6) is 0 Å². The fourth-order valence-electron chi connectivity index (χ4n) is 1.78. The molecule has 0 fully saturated rings. The van der Waals surface area contributed by atoms with Gasteiger partial charge < -0.3 is 9.67 Å². The number of fused-ring (bicyclic) bond motifs is 1. The summed E-state index contributed by atoms with van der Waals surface area (Å²) in [6, 6.07) is 7.76. The molecule has 2 rings (SSSR count). The minimum atomic E-state index is -0.780. The number of hydrogen-bond donors (Lipinski definition) is 1. The number of rotatable bonds is 3. The van der Waals surface area contributed by atoms with Crippen LogP contribution in [-0.2, 0) is 11.3 Å². The molecular formula is C12H15ClN2O2. The molecular weight excluding hydrogens is 240 g/mol. The largest absolute Gasteiger partial charge is 0.481 e. The second-order valence-corrected chi connectivity index (χ2v) is 4.00. The highest BCUT2D eigenvalue weighted by Crippen LogP contribution is 2.17. The molecule has 0 spiro atoms. The van der Waals surface area contributed by atoms with Gasteiger partial charge in [-0.25, -0.2) is 4.98 Å². The Morgan fingerprint density at radius 2 is 2.12 bits per heavy atom. The summed E-state index contributed by atoms with van der Waals surface area (Å²) >= 11 is 0. The molecule has 0 saturated carbocycles. The quantitative estimate of drug-likeness (QED) is 0.916. The highest BCUT2D eigenvalue weighted by molar-refractivity contribution is 5.85. The van der Waals surface area contributed by atoms with E-state index in [9.17, 15) is 4.79 Å². The molecule has 0 aliphatic heterocycles. The normalized spacial score (nSPS) is 12.1. The van der Waals surface area contributed by atoms with Gasteiger partial charge in [-0.05, 0) is 19.1 Å². The van der Waals surface area contributed by atoms with Crippen molar-refractivity contribution in [3.63, 3.8) is 0 Å². The Hall–Kier alpha value is -1.55. The van der Waals surface area contributed by atoms with Crippen molar-refractivity contribution in [1.29, 1.82) is 0 Å². The SMILES string of the molecule is Cc1nc2ccccc2n1CC(C)C(=O)O.Cl. The van der Waals surface area contributed by atoms with Gasteiger partial charge in [-0.15, -0.1) is 12.4 Å². The molecule has 4 nitrogen and oxygen atoms in total. The number of aryl methyl sites for hydroxylation is 1. The van der Waals surface area contributed by atoms with Crippen LogP contribution >= 0.6 is 12.4 Å². The lowest BCUT2D eigenvalue weighted by molar-refractivity contribution is -0.141. The Balaban J connectivity index is 0.00000144. The van der Waals surface area contributed by atoms with Crippen LogP contribution in [-0.4, -0.2) is 20.6 Å². The minimum Gasteiger partial charge on any atom is -0.481 e. The molecule has 1 atom stereocenters. The third-order valence-electron chi connectivity index (χ3n) is 2.72. The van der Waals surface area contributed by atoms with E-state index in [0.29, 0.717) is 6.54 Å². The number of nitrogens with zero attached hydrogens (tertiary/aromatic N) is 2. The molecule has 1 heterocycles.